The number of hydrogen-bond donors (Lipinski definition) is 1. The topological polar surface area (TPSA) is 56.8 Å². The zero-order chi connectivity index (χ0) is 15.6. The molecule has 0 fully saturated rings. The number of aliphatic imine (C=N–C) groups is 1. The third kappa shape index (κ3) is 4.18. The molecule has 1 aromatic carbocycles. The van der Waals surface area contributed by atoms with Crippen LogP contribution in [0.4, 0.5) is 0 Å². The van der Waals surface area contributed by atoms with Gasteiger partial charge in [-0.25, -0.2) is 0 Å². The summed E-state index contributed by atoms with van der Waals surface area (Å²) in [5.41, 5.74) is 7.83. The molecule has 1 aliphatic heterocycles. The Morgan fingerprint density at radius 2 is 1.77 bits per heavy atom. The van der Waals surface area contributed by atoms with Crippen molar-refractivity contribution in [1.82, 2.24) is 0 Å². The second kappa shape index (κ2) is 7.40. The standard InChI is InChI=1S/C16H22N2O2S.ClH/c1-16(2,3)14-9-13(21-15(17)18-14)10-6-7-11(19-4)12(8-10)20-5;/h6-9,15H,17H2,1-5H3;1H. The minimum atomic E-state index is -0.271. The molecule has 2 rings (SSSR count). The van der Waals surface area contributed by atoms with Crippen molar-refractivity contribution in [3.63, 3.8) is 0 Å². The third-order valence-corrected chi connectivity index (χ3v) is 4.17. The highest BCUT2D eigenvalue weighted by atomic mass is 35.5. The molecule has 6 heteroatoms. The Morgan fingerprint density at radius 3 is 2.32 bits per heavy atom. The van der Waals surface area contributed by atoms with Gasteiger partial charge in [-0.15, -0.1) is 12.4 Å². The zero-order valence-electron chi connectivity index (χ0n) is 13.5. The van der Waals surface area contributed by atoms with Crippen molar-refractivity contribution in [2.24, 2.45) is 16.1 Å². The number of hydrogen-bond acceptors (Lipinski definition) is 5. The number of nitrogens with zero attached hydrogens (tertiary/aromatic N) is 1. The molecular weight excluding hydrogens is 320 g/mol. The molecule has 1 aliphatic rings. The predicted molar refractivity (Wildman–Crippen MR) is 97.2 cm³/mol. The summed E-state index contributed by atoms with van der Waals surface area (Å²) in [7, 11) is 3.27. The van der Waals surface area contributed by atoms with Crippen LogP contribution in [0, 0.1) is 5.41 Å². The van der Waals surface area contributed by atoms with E-state index in [1.807, 2.05) is 18.2 Å². The number of ether oxygens (including phenoxy) is 2. The van der Waals surface area contributed by atoms with Crippen LogP contribution in [0.1, 0.15) is 26.3 Å². The summed E-state index contributed by atoms with van der Waals surface area (Å²) in [4.78, 5) is 5.63. The lowest BCUT2D eigenvalue weighted by molar-refractivity contribution is 0.355. The number of thioether (sulfide) groups is 1. The van der Waals surface area contributed by atoms with Gasteiger partial charge >= 0.3 is 0 Å². The molecule has 1 atom stereocenters. The first kappa shape index (κ1) is 18.9. The second-order valence-electron chi connectivity index (χ2n) is 5.85. The highest BCUT2D eigenvalue weighted by molar-refractivity contribution is 8.08. The van der Waals surface area contributed by atoms with E-state index < -0.39 is 0 Å². The molecule has 0 aliphatic carbocycles. The number of rotatable bonds is 3. The summed E-state index contributed by atoms with van der Waals surface area (Å²) in [6.45, 7) is 6.41. The van der Waals surface area contributed by atoms with Crippen LogP contribution in [0.5, 0.6) is 11.5 Å². The first-order chi connectivity index (χ1) is 9.85. The van der Waals surface area contributed by atoms with Gasteiger partial charge in [-0.05, 0) is 29.8 Å². The fourth-order valence-corrected chi connectivity index (χ4v) is 2.91. The van der Waals surface area contributed by atoms with Crippen LogP contribution in [0.2, 0.25) is 0 Å². The lowest BCUT2D eigenvalue weighted by Crippen LogP contribution is -2.26. The van der Waals surface area contributed by atoms with Crippen LogP contribution >= 0.6 is 24.2 Å². The first-order valence-electron chi connectivity index (χ1n) is 6.80. The van der Waals surface area contributed by atoms with E-state index >= 15 is 0 Å². The van der Waals surface area contributed by atoms with Gasteiger partial charge in [0.05, 0.1) is 14.2 Å². The average Bonchev–Trinajstić information content (AvgIpc) is 2.45. The van der Waals surface area contributed by atoms with E-state index in [1.54, 1.807) is 26.0 Å². The SMILES string of the molecule is COc1ccc(C2=CC(C(C)(C)C)=NC(N)S2)cc1OC.Cl. The van der Waals surface area contributed by atoms with Crippen LogP contribution in [-0.2, 0) is 0 Å². The predicted octanol–water partition coefficient (Wildman–Crippen LogP) is 3.94. The maximum absolute atomic E-state index is 6.05. The molecule has 0 radical (unpaired) electrons. The van der Waals surface area contributed by atoms with Gasteiger partial charge in [0.15, 0.2) is 11.5 Å². The lowest BCUT2D eigenvalue weighted by atomic mass is 9.89. The second-order valence-corrected chi connectivity index (χ2v) is 7.01. The molecule has 0 bridgehead atoms. The minimum absolute atomic E-state index is 0. The van der Waals surface area contributed by atoms with Gasteiger partial charge in [0.25, 0.3) is 0 Å². The highest BCUT2D eigenvalue weighted by Crippen LogP contribution is 2.39. The van der Waals surface area contributed by atoms with E-state index in [0.717, 1.165) is 21.9 Å². The molecule has 122 valence electrons. The van der Waals surface area contributed by atoms with E-state index in [0.29, 0.717) is 5.75 Å². The lowest BCUT2D eigenvalue weighted by Gasteiger charge is -2.26. The Labute approximate surface area is 142 Å². The molecule has 1 heterocycles. The molecule has 0 aromatic heterocycles. The van der Waals surface area contributed by atoms with Crippen molar-refractivity contribution in [3.8, 4) is 11.5 Å². The Hall–Kier alpha value is -1.17. The molecule has 0 saturated heterocycles. The zero-order valence-corrected chi connectivity index (χ0v) is 15.2. The Bertz CT molecular complexity index is 594. The summed E-state index contributed by atoms with van der Waals surface area (Å²) >= 11 is 1.55. The molecular formula is C16H23ClN2O2S. The molecule has 0 spiro atoms. The van der Waals surface area contributed by atoms with Crippen LogP contribution < -0.4 is 15.2 Å². The monoisotopic (exact) mass is 342 g/mol. The van der Waals surface area contributed by atoms with Crippen molar-refractivity contribution in [2.75, 3.05) is 14.2 Å². The normalized spacial score (nSPS) is 18.0. The van der Waals surface area contributed by atoms with E-state index in [9.17, 15) is 0 Å². The molecule has 4 nitrogen and oxygen atoms in total. The van der Waals surface area contributed by atoms with Gasteiger partial charge in [-0.3, -0.25) is 4.99 Å². The summed E-state index contributed by atoms with van der Waals surface area (Å²) in [5, 5.41) is 0. The Kier molecular flexibility index (Phi) is 6.35. The number of halogens is 1. The van der Waals surface area contributed by atoms with Crippen molar-refractivity contribution < 1.29 is 9.47 Å². The maximum atomic E-state index is 6.05. The smallest absolute Gasteiger partial charge is 0.161 e. The first-order valence-corrected chi connectivity index (χ1v) is 7.67. The van der Waals surface area contributed by atoms with Crippen LogP contribution in [0.25, 0.3) is 4.91 Å². The van der Waals surface area contributed by atoms with Crippen LogP contribution in [-0.4, -0.2) is 25.4 Å². The van der Waals surface area contributed by atoms with Crippen LogP contribution in [0.15, 0.2) is 29.3 Å². The van der Waals surface area contributed by atoms with Crippen molar-refractivity contribution in [2.45, 2.75) is 26.3 Å². The summed E-state index contributed by atoms with van der Waals surface area (Å²) in [5.74, 6) is 1.43. The third-order valence-electron chi connectivity index (χ3n) is 3.22. The van der Waals surface area contributed by atoms with Gasteiger partial charge in [0.2, 0.25) is 0 Å². The van der Waals surface area contributed by atoms with Gasteiger partial charge in [0, 0.05) is 16.0 Å². The van der Waals surface area contributed by atoms with Gasteiger partial charge < -0.3 is 15.2 Å². The van der Waals surface area contributed by atoms with Crippen molar-refractivity contribution in [1.29, 1.82) is 0 Å². The van der Waals surface area contributed by atoms with Crippen molar-refractivity contribution >= 4 is 34.8 Å². The Morgan fingerprint density at radius 1 is 1.14 bits per heavy atom. The van der Waals surface area contributed by atoms with Gasteiger partial charge in [-0.1, -0.05) is 32.5 Å². The maximum Gasteiger partial charge on any atom is 0.161 e. The average molecular weight is 343 g/mol. The molecule has 1 unspecified atom stereocenters. The molecule has 22 heavy (non-hydrogen) atoms. The Balaban J connectivity index is 0.00000242. The fraction of sp³-hybridized carbons (Fsp3) is 0.438. The quantitative estimate of drug-likeness (QED) is 0.903. The largest absolute Gasteiger partial charge is 0.493 e. The fourth-order valence-electron chi connectivity index (χ4n) is 2.04. The number of allylic oxidation sites excluding steroid dienone is 1. The molecule has 1 aromatic rings. The van der Waals surface area contributed by atoms with Crippen molar-refractivity contribution in [3.05, 3.63) is 29.8 Å². The van der Waals surface area contributed by atoms with E-state index in [1.165, 1.54) is 0 Å². The van der Waals surface area contributed by atoms with Gasteiger partial charge in [-0.2, -0.15) is 0 Å². The number of methoxy groups -OCH3 is 2. The van der Waals surface area contributed by atoms with E-state index in [2.05, 4.69) is 31.8 Å². The summed E-state index contributed by atoms with van der Waals surface area (Å²) in [6.07, 6.45) is 2.11. The highest BCUT2D eigenvalue weighted by Gasteiger charge is 2.24. The minimum Gasteiger partial charge on any atom is -0.493 e. The molecule has 2 N–H and O–H groups in total. The number of benzene rings is 1. The van der Waals surface area contributed by atoms with E-state index in [-0.39, 0.29) is 23.3 Å². The molecule has 0 saturated carbocycles. The summed E-state index contributed by atoms with van der Waals surface area (Å²) in [6, 6.07) is 5.89. The molecule has 0 amide bonds. The number of nitrogens with two attached hydrogens (primary N) is 1. The van der Waals surface area contributed by atoms with Crippen LogP contribution in [0.3, 0.4) is 0 Å². The summed E-state index contributed by atoms with van der Waals surface area (Å²) < 4.78 is 10.6. The van der Waals surface area contributed by atoms with Gasteiger partial charge in [0.1, 0.15) is 5.50 Å². The van der Waals surface area contributed by atoms with E-state index in [4.69, 9.17) is 15.2 Å².